The highest BCUT2D eigenvalue weighted by atomic mass is 79.9. The van der Waals surface area contributed by atoms with Gasteiger partial charge < -0.3 is 5.73 Å². The van der Waals surface area contributed by atoms with Crippen LogP contribution >= 0.6 is 28.1 Å². The average Bonchev–Trinajstić information content (AvgIpc) is 2.41. The Morgan fingerprint density at radius 1 is 1.33 bits per heavy atom. The first-order valence-corrected chi connectivity index (χ1v) is 8.53. The fraction of sp³-hybridized carbons (Fsp3) is 0.0769. The largest absolute Gasteiger partial charge is 0.389 e. The molecule has 0 unspecified atom stereocenters. The minimum absolute atomic E-state index is 0.123. The number of anilines is 1. The summed E-state index contributed by atoms with van der Waals surface area (Å²) in [5, 5.41) is 0. The van der Waals surface area contributed by atoms with Gasteiger partial charge in [-0.05, 0) is 46.6 Å². The van der Waals surface area contributed by atoms with Gasteiger partial charge in [0.25, 0.3) is 10.0 Å². The van der Waals surface area contributed by atoms with E-state index in [1.165, 1.54) is 12.3 Å². The number of hydrogen-bond donors (Lipinski definition) is 2. The molecule has 1 heterocycles. The van der Waals surface area contributed by atoms with E-state index < -0.39 is 10.0 Å². The number of aryl methyl sites for hydroxylation is 1. The van der Waals surface area contributed by atoms with Crippen LogP contribution in [0.15, 0.2) is 45.9 Å². The molecule has 0 radical (unpaired) electrons. The van der Waals surface area contributed by atoms with E-state index in [1.807, 2.05) is 0 Å². The molecule has 21 heavy (non-hydrogen) atoms. The number of pyridine rings is 1. The topological polar surface area (TPSA) is 85.1 Å². The number of sulfonamides is 1. The van der Waals surface area contributed by atoms with E-state index in [9.17, 15) is 8.42 Å². The number of nitrogens with one attached hydrogen (secondary N) is 1. The van der Waals surface area contributed by atoms with Gasteiger partial charge in [0.05, 0.1) is 4.90 Å². The molecule has 0 atom stereocenters. The molecule has 0 saturated heterocycles. The van der Waals surface area contributed by atoms with Gasteiger partial charge in [-0.15, -0.1) is 0 Å². The minimum atomic E-state index is -3.76. The lowest BCUT2D eigenvalue weighted by atomic mass is 10.1. The number of aromatic nitrogens is 1. The maximum absolute atomic E-state index is 12.4. The molecule has 110 valence electrons. The quantitative estimate of drug-likeness (QED) is 0.789. The first kappa shape index (κ1) is 15.9. The molecule has 2 rings (SSSR count). The van der Waals surface area contributed by atoms with E-state index in [0.29, 0.717) is 11.1 Å². The maximum Gasteiger partial charge on any atom is 0.263 e. The van der Waals surface area contributed by atoms with Crippen molar-refractivity contribution in [2.45, 2.75) is 11.8 Å². The summed E-state index contributed by atoms with van der Waals surface area (Å²) >= 11 is 8.12. The number of nitrogens with zero attached hydrogens (tertiary/aromatic N) is 1. The third-order valence-electron chi connectivity index (χ3n) is 2.73. The molecule has 0 saturated carbocycles. The van der Waals surface area contributed by atoms with E-state index in [2.05, 4.69) is 25.6 Å². The standard InChI is InChI=1S/C13H12BrN3O2S2/c1-8-2-3-9(13(15)20)6-11(8)21(18,19)17-12-5-4-10(14)7-16-12/h2-7H,1H3,(H2,15,20)(H,16,17). The minimum Gasteiger partial charge on any atom is -0.389 e. The predicted octanol–water partition coefficient (Wildman–Crippen LogP) is 2.59. The molecule has 0 spiro atoms. The molecule has 0 aliphatic rings. The van der Waals surface area contributed by atoms with Crippen molar-refractivity contribution in [2.24, 2.45) is 5.73 Å². The number of thiocarbonyl (C=S) groups is 1. The number of halogens is 1. The van der Waals surface area contributed by atoms with E-state index in [-0.39, 0.29) is 15.7 Å². The Labute approximate surface area is 136 Å². The first-order chi connectivity index (χ1) is 9.79. The first-order valence-electron chi connectivity index (χ1n) is 5.84. The number of benzene rings is 1. The van der Waals surface area contributed by atoms with Crippen molar-refractivity contribution in [3.63, 3.8) is 0 Å². The zero-order valence-corrected chi connectivity index (χ0v) is 14.2. The fourth-order valence-corrected chi connectivity index (χ4v) is 3.31. The zero-order valence-electron chi connectivity index (χ0n) is 11.0. The summed E-state index contributed by atoms with van der Waals surface area (Å²) in [6.07, 6.45) is 1.51. The van der Waals surface area contributed by atoms with E-state index in [0.717, 1.165) is 4.47 Å². The Morgan fingerprint density at radius 3 is 2.62 bits per heavy atom. The van der Waals surface area contributed by atoms with Gasteiger partial charge in [0.15, 0.2) is 0 Å². The molecule has 2 aromatic rings. The lowest BCUT2D eigenvalue weighted by Crippen LogP contribution is -2.17. The molecule has 3 N–H and O–H groups in total. The van der Waals surface area contributed by atoms with Crippen LogP contribution in [0.3, 0.4) is 0 Å². The van der Waals surface area contributed by atoms with Crippen LogP contribution in [0.1, 0.15) is 11.1 Å². The lowest BCUT2D eigenvalue weighted by Gasteiger charge is -2.11. The van der Waals surface area contributed by atoms with Crippen LogP contribution in [0.25, 0.3) is 0 Å². The Hall–Kier alpha value is -1.51. The third-order valence-corrected chi connectivity index (χ3v) is 4.93. The molecule has 0 aliphatic carbocycles. The van der Waals surface area contributed by atoms with Crippen molar-refractivity contribution < 1.29 is 8.42 Å². The Balaban J connectivity index is 2.41. The predicted molar refractivity (Wildman–Crippen MR) is 89.8 cm³/mol. The normalized spacial score (nSPS) is 11.1. The van der Waals surface area contributed by atoms with Crippen LogP contribution in [0.5, 0.6) is 0 Å². The van der Waals surface area contributed by atoms with Gasteiger partial charge in [0.2, 0.25) is 0 Å². The van der Waals surface area contributed by atoms with Crippen LogP contribution in [-0.2, 0) is 10.0 Å². The van der Waals surface area contributed by atoms with E-state index in [4.69, 9.17) is 18.0 Å². The highest BCUT2D eigenvalue weighted by Gasteiger charge is 2.18. The highest BCUT2D eigenvalue weighted by molar-refractivity contribution is 9.10. The Kier molecular flexibility index (Phi) is 4.60. The highest BCUT2D eigenvalue weighted by Crippen LogP contribution is 2.20. The van der Waals surface area contributed by atoms with Gasteiger partial charge >= 0.3 is 0 Å². The summed E-state index contributed by atoms with van der Waals surface area (Å²) < 4.78 is 28.1. The summed E-state index contributed by atoms with van der Waals surface area (Å²) in [7, 11) is -3.76. The molecular formula is C13H12BrN3O2S2. The number of hydrogen-bond acceptors (Lipinski definition) is 4. The van der Waals surface area contributed by atoms with Crippen molar-refractivity contribution in [1.82, 2.24) is 4.98 Å². The second kappa shape index (κ2) is 6.08. The summed E-state index contributed by atoms with van der Waals surface area (Å²) in [6.45, 7) is 1.70. The SMILES string of the molecule is Cc1ccc(C(N)=S)cc1S(=O)(=O)Nc1ccc(Br)cn1. The van der Waals surface area contributed by atoms with Gasteiger partial charge in [-0.2, -0.15) is 0 Å². The summed E-state index contributed by atoms with van der Waals surface area (Å²) in [5.41, 5.74) is 6.64. The molecule has 0 fully saturated rings. The van der Waals surface area contributed by atoms with Crippen molar-refractivity contribution in [1.29, 1.82) is 0 Å². The van der Waals surface area contributed by atoms with Crippen molar-refractivity contribution in [3.05, 3.63) is 52.1 Å². The molecular weight excluding hydrogens is 374 g/mol. The smallest absolute Gasteiger partial charge is 0.263 e. The van der Waals surface area contributed by atoms with Crippen LogP contribution < -0.4 is 10.5 Å². The molecule has 1 aromatic heterocycles. The molecule has 0 amide bonds. The Morgan fingerprint density at radius 2 is 2.05 bits per heavy atom. The van der Waals surface area contributed by atoms with E-state index >= 15 is 0 Å². The summed E-state index contributed by atoms with van der Waals surface area (Å²) in [5.74, 6) is 0.235. The van der Waals surface area contributed by atoms with Gasteiger partial charge in [-0.25, -0.2) is 13.4 Å². The fourth-order valence-electron chi connectivity index (χ4n) is 1.67. The van der Waals surface area contributed by atoms with E-state index in [1.54, 1.807) is 31.2 Å². The van der Waals surface area contributed by atoms with Crippen LogP contribution in [0, 0.1) is 6.92 Å². The summed E-state index contributed by atoms with van der Waals surface area (Å²) in [4.78, 5) is 4.26. The molecule has 1 aromatic carbocycles. The van der Waals surface area contributed by atoms with Crippen LogP contribution in [0.2, 0.25) is 0 Å². The molecule has 5 nitrogen and oxygen atoms in total. The molecule has 8 heteroatoms. The lowest BCUT2D eigenvalue weighted by molar-refractivity contribution is 0.600. The van der Waals surface area contributed by atoms with Crippen molar-refractivity contribution >= 4 is 49.0 Å². The van der Waals surface area contributed by atoms with Gasteiger partial charge in [-0.3, -0.25) is 4.72 Å². The van der Waals surface area contributed by atoms with Crippen molar-refractivity contribution in [3.8, 4) is 0 Å². The maximum atomic E-state index is 12.4. The second-order valence-electron chi connectivity index (χ2n) is 4.31. The van der Waals surface area contributed by atoms with Gasteiger partial charge in [0.1, 0.15) is 10.8 Å². The summed E-state index contributed by atoms with van der Waals surface area (Å²) in [6, 6.07) is 8.07. The van der Waals surface area contributed by atoms with Crippen LogP contribution in [0.4, 0.5) is 5.82 Å². The third kappa shape index (κ3) is 3.78. The zero-order chi connectivity index (χ0) is 15.6. The Bertz CT molecular complexity index is 790. The van der Waals surface area contributed by atoms with Gasteiger partial charge in [0, 0.05) is 16.2 Å². The van der Waals surface area contributed by atoms with Crippen molar-refractivity contribution in [2.75, 3.05) is 4.72 Å². The molecule has 0 bridgehead atoms. The average molecular weight is 386 g/mol. The van der Waals surface area contributed by atoms with Crippen LogP contribution in [-0.4, -0.2) is 18.4 Å². The molecule has 0 aliphatic heterocycles. The number of nitrogens with two attached hydrogens (primary N) is 1. The number of rotatable bonds is 4. The second-order valence-corrected chi connectivity index (χ2v) is 7.32. The van der Waals surface area contributed by atoms with Gasteiger partial charge in [-0.1, -0.05) is 24.4 Å². The monoisotopic (exact) mass is 385 g/mol.